The minimum Gasteiger partial charge on any atom is -0.369 e. The molecule has 0 aromatic carbocycles. The summed E-state index contributed by atoms with van der Waals surface area (Å²) in [5.74, 6) is -1.81. The van der Waals surface area contributed by atoms with E-state index < -0.39 is 34.2 Å². The Bertz CT molecular complexity index is 362. The summed E-state index contributed by atoms with van der Waals surface area (Å²) in [7, 11) is 0. The van der Waals surface area contributed by atoms with Crippen molar-refractivity contribution < 1.29 is 14.4 Å². The zero-order valence-corrected chi connectivity index (χ0v) is 8.29. The zero-order chi connectivity index (χ0) is 10.7. The van der Waals surface area contributed by atoms with Gasteiger partial charge in [0.25, 0.3) is 0 Å². The van der Waals surface area contributed by atoms with Crippen LogP contribution < -0.4 is 5.73 Å². The first-order valence-electron chi connectivity index (χ1n) is 4.74. The SMILES string of the molecule is CC1(C(N)=O)[C@@H]2CC[C@@]1(C)C(=O)C2=O. The molecule has 2 aliphatic carbocycles. The minimum atomic E-state index is -0.957. The molecular weight excluding hydrogens is 182 g/mol. The normalized spacial score (nSPS) is 46.0. The van der Waals surface area contributed by atoms with E-state index in [0.29, 0.717) is 12.8 Å². The van der Waals surface area contributed by atoms with Crippen LogP contribution in [0.15, 0.2) is 0 Å². The van der Waals surface area contributed by atoms with Gasteiger partial charge in [0.15, 0.2) is 0 Å². The lowest BCUT2D eigenvalue weighted by Gasteiger charge is -2.31. The first-order valence-corrected chi connectivity index (χ1v) is 4.74. The molecule has 1 amide bonds. The average molecular weight is 195 g/mol. The third kappa shape index (κ3) is 0.656. The van der Waals surface area contributed by atoms with Crippen LogP contribution in [0.2, 0.25) is 0 Å². The Balaban J connectivity index is 2.62. The van der Waals surface area contributed by atoms with Crippen molar-refractivity contribution in [1.29, 1.82) is 0 Å². The molecule has 2 fully saturated rings. The van der Waals surface area contributed by atoms with Gasteiger partial charge in [0.1, 0.15) is 0 Å². The van der Waals surface area contributed by atoms with Gasteiger partial charge in [-0.15, -0.1) is 0 Å². The van der Waals surface area contributed by atoms with E-state index in [1.165, 1.54) is 0 Å². The van der Waals surface area contributed by atoms with E-state index in [1.807, 2.05) is 0 Å². The number of rotatable bonds is 1. The maximum atomic E-state index is 11.7. The summed E-state index contributed by atoms with van der Waals surface area (Å²) in [5, 5.41) is 0. The van der Waals surface area contributed by atoms with Crippen molar-refractivity contribution >= 4 is 17.5 Å². The van der Waals surface area contributed by atoms with Crippen molar-refractivity contribution in [3.8, 4) is 0 Å². The van der Waals surface area contributed by atoms with E-state index >= 15 is 0 Å². The largest absolute Gasteiger partial charge is 0.369 e. The predicted molar refractivity (Wildman–Crippen MR) is 48.1 cm³/mol. The van der Waals surface area contributed by atoms with Crippen molar-refractivity contribution in [2.24, 2.45) is 22.5 Å². The van der Waals surface area contributed by atoms with Gasteiger partial charge in [-0.25, -0.2) is 0 Å². The zero-order valence-electron chi connectivity index (χ0n) is 8.29. The molecule has 2 bridgehead atoms. The van der Waals surface area contributed by atoms with Gasteiger partial charge < -0.3 is 5.73 Å². The summed E-state index contributed by atoms with van der Waals surface area (Å²) in [6.45, 7) is 3.33. The molecule has 0 heterocycles. The van der Waals surface area contributed by atoms with Gasteiger partial charge in [0, 0.05) is 11.3 Å². The highest BCUT2D eigenvalue weighted by Crippen LogP contribution is 2.62. The molecule has 0 saturated heterocycles. The van der Waals surface area contributed by atoms with Gasteiger partial charge in [-0.05, 0) is 19.8 Å². The fourth-order valence-corrected chi connectivity index (χ4v) is 2.98. The van der Waals surface area contributed by atoms with Gasteiger partial charge in [-0.2, -0.15) is 0 Å². The lowest BCUT2D eigenvalue weighted by atomic mass is 9.68. The van der Waals surface area contributed by atoms with Crippen molar-refractivity contribution in [2.45, 2.75) is 26.7 Å². The van der Waals surface area contributed by atoms with Crippen LogP contribution in [0.25, 0.3) is 0 Å². The Morgan fingerprint density at radius 3 is 2.29 bits per heavy atom. The molecule has 2 saturated carbocycles. The quantitative estimate of drug-likeness (QED) is 0.600. The maximum Gasteiger partial charge on any atom is 0.225 e. The topological polar surface area (TPSA) is 77.2 Å². The number of hydrogen-bond acceptors (Lipinski definition) is 3. The summed E-state index contributed by atoms with van der Waals surface area (Å²) < 4.78 is 0. The van der Waals surface area contributed by atoms with Gasteiger partial charge in [0.2, 0.25) is 17.5 Å². The third-order valence-electron chi connectivity index (χ3n) is 4.33. The molecule has 2 N–H and O–H groups in total. The van der Waals surface area contributed by atoms with Crippen LogP contribution in [0.1, 0.15) is 26.7 Å². The summed E-state index contributed by atoms with van der Waals surface area (Å²) in [4.78, 5) is 34.6. The molecule has 0 aromatic heterocycles. The lowest BCUT2D eigenvalue weighted by molar-refractivity contribution is -0.142. The summed E-state index contributed by atoms with van der Waals surface area (Å²) in [6, 6.07) is 0. The van der Waals surface area contributed by atoms with Gasteiger partial charge in [0.05, 0.1) is 5.41 Å². The van der Waals surface area contributed by atoms with Crippen molar-refractivity contribution in [2.75, 3.05) is 0 Å². The van der Waals surface area contributed by atoms with E-state index in [0.717, 1.165) is 0 Å². The van der Waals surface area contributed by atoms with E-state index in [1.54, 1.807) is 13.8 Å². The summed E-state index contributed by atoms with van der Waals surface area (Å²) in [6.07, 6.45) is 1.21. The molecule has 76 valence electrons. The predicted octanol–water partition coefficient (Wildman–Crippen LogP) is 0.0461. The van der Waals surface area contributed by atoms with Crippen LogP contribution >= 0.6 is 0 Å². The van der Waals surface area contributed by atoms with Crippen LogP contribution in [0.4, 0.5) is 0 Å². The Kier molecular flexibility index (Phi) is 1.50. The van der Waals surface area contributed by atoms with Crippen LogP contribution in [-0.4, -0.2) is 17.5 Å². The standard InChI is InChI=1S/C10H13NO3/c1-9-4-3-5(6(12)7(9)13)10(9,2)8(11)14/h5H,3-4H2,1-2H3,(H2,11,14)/t5-,9+,10?/m1/s1. The molecule has 2 aliphatic rings. The molecule has 0 aromatic rings. The highest BCUT2D eigenvalue weighted by molar-refractivity contribution is 6.44. The summed E-state index contributed by atoms with van der Waals surface area (Å²) >= 11 is 0. The fraction of sp³-hybridized carbons (Fsp3) is 0.700. The molecule has 0 radical (unpaired) electrons. The number of amides is 1. The van der Waals surface area contributed by atoms with Crippen LogP contribution in [-0.2, 0) is 14.4 Å². The maximum absolute atomic E-state index is 11.7. The number of hydrogen-bond donors (Lipinski definition) is 1. The number of primary amides is 1. The van der Waals surface area contributed by atoms with Crippen LogP contribution in [0.3, 0.4) is 0 Å². The van der Waals surface area contributed by atoms with E-state index in [4.69, 9.17) is 5.73 Å². The van der Waals surface area contributed by atoms with Crippen LogP contribution in [0.5, 0.6) is 0 Å². The van der Waals surface area contributed by atoms with E-state index in [9.17, 15) is 14.4 Å². The number of fused-ring (bicyclic) bond motifs is 2. The monoisotopic (exact) mass is 195 g/mol. The molecule has 4 heteroatoms. The lowest BCUT2D eigenvalue weighted by Crippen LogP contribution is -2.45. The van der Waals surface area contributed by atoms with E-state index in [-0.39, 0.29) is 0 Å². The number of nitrogens with two attached hydrogens (primary N) is 1. The highest BCUT2D eigenvalue weighted by atomic mass is 16.2. The third-order valence-corrected chi connectivity index (χ3v) is 4.33. The smallest absolute Gasteiger partial charge is 0.225 e. The molecular formula is C10H13NO3. The Hall–Kier alpha value is -1.19. The molecule has 14 heavy (non-hydrogen) atoms. The Morgan fingerprint density at radius 2 is 2.00 bits per heavy atom. The second-order valence-corrected chi connectivity index (χ2v) is 4.68. The second kappa shape index (κ2) is 2.24. The Morgan fingerprint density at radius 1 is 1.43 bits per heavy atom. The van der Waals surface area contributed by atoms with Gasteiger partial charge in [-0.3, -0.25) is 14.4 Å². The van der Waals surface area contributed by atoms with Crippen LogP contribution in [0, 0.1) is 16.7 Å². The number of carbonyl (C=O) groups is 3. The Labute approximate surface area is 81.8 Å². The first-order chi connectivity index (χ1) is 6.35. The number of ketones is 2. The molecule has 4 nitrogen and oxygen atoms in total. The fourth-order valence-electron chi connectivity index (χ4n) is 2.98. The summed E-state index contributed by atoms with van der Waals surface area (Å²) in [5.41, 5.74) is 3.52. The van der Waals surface area contributed by atoms with Crippen molar-refractivity contribution in [3.05, 3.63) is 0 Å². The molecule has 3 atom stereocenters. The van der Waals surface area contributed by atoms with Gasteiger partial charge in [-0.1, -0.05) is 6.92 Å². The second-order valence-electron chi connectivity index (χ2n) is 4.68. The average Bonchev–Trinajstić information content (AvgIpc) is 2.45. The first kappa shape index (κ1) is 9.37. The van der Waals surface area contributed by atoms with Crippen molar-refractivity contribution in [1.82, 2.24) is 0 Å². The van der Waals surface area contributed by atoms with Crippen molar-refractivity contribution in [3.63, 3.8) is 0 Å². The number of carbonyl (C=O) groups excluding carboxylic acids is 3. The van der Waals surface area contributed by atoms with Gasteiger partial charge >= 0.3 is 0 Å². The van der Waals surface area contributed by atoms with E-state index in [2.05, 4.69) is 0 Å². The molecule has 1 unspecified atom stereocenters. The molecule has 2 rings (SSSR count). The minimum absolute atomic E-state index is 0.403. The molecule has 0 aliphatic heterocycles. The number of Topliss-reactive ketones (excluding diaryl/α,β-unsaturated/α-hetero) is 2. The molecule has 0 spiro atoms. The highest BCUT2D eigenvalue weighted by Gasteiger charge is 2.71.